The zero-order valence-corrected chi connectivity index (χ0v) is 14.8. The molecule has 0 fully saturated rings. The molecule has 0 saturated heterocycles. The monoisotopic (exact) mass is 351 g/mol. The van der Waals surface area contributed by atoms with Crippen molar-refractivity contribution in [3.05, 3.63) is 51.2 Å². The first-order chi connectivity index (χ1) is 11.0. The molecule has 0 spiro atoms. The zero-order chi connectivity index (χ0) is 16.8. The third-order valence-electron chi connectivity index (χ3n) is 3.24. The standard InChI is InChI=1S/C17H18ClNO3S/c1-19(11-14-7-8-16(18)23-14)17(20)9-5-12-4-6-13(21-2)10-15(12)22-3/h4-10H,11H2,1-3H3/b9-5+. The van der Waals surface area contributed by atoms with Crippen LogP contribution in [0.5, 0.6) is 11.5 Å². The number of hydrogen-bond donors (Lipinski definition) is 0. The highest BCUT2D eigenvalue weighted by Gasteiger charge is 2.08. The van der Waals surface area contributed by atoms with Gasteiger partial charge in [0.15, 0.2) is 0 Å². The Morgan fingerprint density at radius 1 is 1.26 bits per heavy atom. The number of rotatable bonds is 6. The summed E-state index contributed by atoms with van der Waals surface area (Å²) < 4.78 is 11.2. The summed E-state index contributed by atoms with van der Waals surface area (Å²) in [6.45, 7) is 0.528. The molecule has 1 aromatic carbocycles. The Balaban J connectivity index is 2.05. The minimum Gasteiger partial charge on any atom is -0.497 e. The lowest BCUT2D eigenvalue weighted by atomic mass is 10.1. The fourth-order valence-electron chi connectivity index (χ4n) is 1.99. The summed E-state index contributed by atoms with van der Waals surface area (Å²) >= 11 is 7.37. The minimum atomic E-state index is -0.0904. The van der Waals surface area contributed by atoms with Gasteiger partial charge in [0, 0.05) is 29.6 Å². The van der Waals surface area contributed by atoms with Gasteiger partial charge >= 0.3 is 0 Å². The number of halogens is 1. The van der Waals surface area contributed by atoms with Crippen molar-refractivity contribution < 1.29 is 14.3 Å². The molecule has 0 aliphatic heterocycles. The molecule has 2 aromatic rings. The van der Waals surface area contributed by atoms with Crippen molar-refractivity contribution in [1.82, 2.24) is 4.90 Å². The van der Waals surface area contributed by atoms with Crippen LogP contribution >= 0.6 is 22.9 Å². The van der Waals surface area contributed by atoms with E-state index in [0.29, 0.717) is 18.0 Å². The van der Waals surface area contributed by atoms with E-state index in [4.69, 9.17) is 21.1 Å². The van der Waals surface area contributed by atoms with Crippen molar-refractivity contribution in [2.45, 2.75) is 6.54 Å². The number of methoxy groups -OCH3 is 2. The molecule has 0 unspecified atom stereocenters. The van der Waals surface area contributed by atoms with E-state index in [9.17, 15) is 4.79 Å². The van der Waals surface area contributed by atoms with Gasteiger partial charge in [0.2, 0.25) is 5.91 Å². The molecule has 6 heteroatoms. The largest absolute Gasteiger partial charge is 0.497 e. The molecule has 1 heterocycles. The Labute approximate surface area is 144 Å². The fraction of sp³-hybridized carbons (Fsp3) is 0.235. The predicted molar refractivity (Wildman–Crippen MR) is 94.4 cm³/mol. The van der Waals surface area contributed by atoms with Gasteiger partial charge in [-0.25, -0.2) is 0 Å². The Kier molecular flexibility index (Phi) is 6.07. The number of likely N-dealkylation sites (N-methyl/N-ethyl adjacent to an activating group) is 1. The minimum absolute atomic E-state index is 0.0904. The van der Waals surface area contributed by atoms with Crippen molar-refractivity contribution in [1.29, 1.82) is 0 Å². The second-order valence-corrected chi connectivity index (χ2v) is 6.64. The van der Waals surface area contributed by atoms with Gasteiger partial charge in [0.1, 0.15) is 11.5 Å². The highest BCUT2D eigenvalue weighted by atomic mass is 35.5. The summed E-state index contributed by atoms with van der Waals surface area (Å²) in [5.74, 6) is 1.27. The third-order valence-corrected chi connectivity index (χ3v) is 4.46. The van der Waals surface area contributed by atoms with Crippen molar-refractivity contribution in [2.24, 2.45) is 0 Å². The number of amides is 1. The van der Waals surface area contributed by atoms with Crippen LogP contribution in [0.3, 0.4) is 0 Å². The van der Waals surface area contributed by atoms with Gasteiger partial charge in [-0.2, -0.15) is 0 Å². The second-order valence-electron chi connectivity index (χ2n) is 4.84. The van der Waals surface area contributed by atoms with Gasteiger partial charge in [-0.1, -0.05) is 11.6 Å². The molecule has 23 heavy (non-hydrogen) atoms. The van der Waals surface area contributed by atoms with E-state index in [2.05, 4.69) is 0 Å². The van der Waals surface area contributed by atoms with Crippen molar-refractivity contribution in [3.63, 3.8) is 0 Å². The summed E-state index contributed by atoms with van der Waals surface area (Å²) in [6, 6.07) is 9.21. The molecule has 1 amide bonds. The summed E-state index contributed by atoms with van der Waals surface area (Å²) in [5.41, 5.74) is 0.814. The van der Waals surface area contributed by atoms with Crippen LogP contribution in [0.2, 0.25) is 4.34 Å². The van der Waals surface area contributed by atoms with Gasteiger partial charge in [-0.05, 0) is 30.3 Å². The lowest BCUT2D eigenvalue weighted by Gasteiger charge is -2.13. The first-order valence-corrected chi connectivity index (χ1v) is 8.12. The van der Waals surface area contributed by atoms with Crippen LogP contribution in [0.4, 0.5) is 0 Å². The topological polar surface area (TPSA) is 38.8 Å². The number of nitrogens with zero attached hydrogens (tertiary/aromatic N) is 1. The zero-order valence-electron chi connectivity index (χ0n) is 13.2. The Morgan fingerprint density at radius 2 is 2.04 bits per heavy atom. The number of carbonyl (C=O) groups excluding carboxylic acids is 1. The second kappa shape index (κ2) is 8.04. The van der Waals surface area contributed by atoms with Crippen LogP contribution in [-0.2, 0) is 11.3 Å². The van der Waals surface area contributed by atoms with Crippen LogP contribution in [0.25, 0.3) is 6.08 Å². The molecule has 0 bridgehead atoms. The molecule has 0 aliphatic carbocycles. The normalized spacial score (nSPS) is 10.8. The van der Waals surface area contributed by atoms with Gasteiger partial charge in [-0.15, -0.1) is 11.3 Å². The predicted octanol–water partition coefficient (Wildman–Crippen LogP) is 4.09. The summed E-state index contributed by atoms with van der Waals surface area (Å²) in [4.78, 5) is 14.9. The summed E-state index contributed by atoms with van der Waals surface area (Å²) in [6.07, 6.45) is 3.26. The molecular weight excluding hydrogens is 334 g/mol. The van der Waals surface area contributed by atoms with Crippen molar-refractivity contribution >= 4 is 34.9 Å². The smallest absolute Gasteiger partial charge is 0.246 e. The fourth-order valence-corrected chi connectivity index (χ4v) is 3.13. The number of hydrogen-bond acceptors (Lipinski definition) is 4. The van der Waals surface area contributed by atoms with Crippen LogP contribution in [0, 0.1) is 0 Å². The Morgan fingerprint density at radius 3 is 2.65 bits per heavy atom. The highest BCUT2D eigenvalue weighted by molar-refractivity contribution is 7.16. The molecular formula is C17H18ClNO3S. The van der Waals surface area contributed by atoms with E-state index in [1.54, 1.807) is 38.3 Å². The van der Waals surface area contributed by atoms with Gasteiger partial charge in [0.25, 0.3) is 0 Å². The number of carbonyl (C=O) groups is 1. The van der Waals surface area contributed by atoms with E-state index in [1.165, 1.54) is 17.4 Å². The molecule has 2 rings (SSSR count). The van der Waals surface area contributed by atoms with Gasteiger partial charge in [0.05, 0.1) is 25.1 Å². The molecule has 122 valence electrons. The van der Waals surface area contributed by atoms with Gasteiger partial charge in [-0.3, -0.25) is 4.79 Å². The quantitative estimate of drug-likeness (QED) is 0.736. The molecule has 0 aliphatic rings. The molecule has 0 saturated carbocycles. The molecule has 1 aromatic heterocycles. The number of ether oxygens (including phenoxy) is 2. The van der Waals surface area contributed by atoms with Crippen molar-refractivity contribution in [3.8, 4) is 11.5 Å². The average Bonchev–Trinajstić information content (AvgIpc) is 2.97. The van der Waals surface area contributed by atoms with Crippen LogP contribution < -0.4 is 9.47 Å². The molecule has 0 N–H and O–H groups in total. The number of thiophene rings is 1. The first-order valence-electron chi connectivity index (χ1n) is 6.93. The van der Waals surface area contributed by atoms with E-state index in [-0.39, 0.29) is 5.91 Å². The average molecular weight is 352 g/mol. The maximum Gasteiger partial charge on any atom is 0.246 e. The van der Waals surface area contributed by atoms with Crippen LogP contribution in [0.1, 0.15) is 10.4 Å². The van der Waals surface area contributed by atoms with Gasteiger partial charge < -0.3 is 14.4 Å². The molecule has 0 radical (unpaired) electrons. The maximum absolute atomic E-state index is 12.2. The Bertz CT molecular complexity index is 712. The van der Waals surface area contributed by atoms with Crippen LogP contribution in [-0.4, -0.2) is 32.1 Å². The Hall–Kier alpha value is -1.98. The van der Waals surface area contributed by atoms with E-state index < -0.39 is 0 Å². The third kappa shape index (κ3) is 4.74. The molecule has 4 nitrogen and oxygen atoms in total. The summed E-state index contributed by atoms with van der Waals surface area (Å²) in [5, 5.41) is 0. The lowest BCUT2D eigenvalue weighted by Crippen LogP contribution is -2.23. The van der Waals surface area contributed by atoms with Crippen molar-refractivity contribution in [2.75, 3.05) is 21.3 Å². The highest BCUT2D eigenvalue weighted by Crippen LogP contribution is 2.26. The summed E-state index contributed by atoms with van der Waals surface area (Å²) in [7, 11) is 4.94. The van der Waals surface area contributed by atoms with E-state index >= 15 is 0 Å². The van der Waals surface area contributed by atoms with E-state index in [1.807, 2.05) is 24.3 Å². The van der Waals surface area contributed by atoms with E-state index in [0.717, 1.165) is 14.8 Å². The van der Waals surface area contributed by atoms with Crippen LogP contribution in [0.15, 0.2) is 36.4 Å². The SMILES string of the molecule is COc1ccc(/C=C/C(=O)N(C)Cc2ccc(Cl)s2)c(OC)c1. The maximum atomic E-state index is 12.2. The first kappa shape index (κ1) is 17.4. The number of benzene rings is 1. The molecule has 0 atom stereocenters. The lowest BCUT2D eigenvalue weighted by molar-refractivity contribution is -0.125.